The number of pyridine rings is 2. The molecule has 1 aliphatic carbocycles. The van der Waals surface area contributed by atoms with Gasteiger partial charge >= 0.3 is 0 Å². The maximum absolute atomic E-state index is 13.8. The minimum absolute atomic E-state index is 0.220. The van der Waals surface area contributed by atoms with Crippen LogP contribution in [0.25, 0.3) is 11.1 Å². The van der Waals surface area contributed by atoms with Crippen molar-refractivity contribution in [2.24, 2.45) is 5.92 Å². The lowest BCUT2D eigenvalue weighted by molar-refractivity contribution is 0.514. The Kier molecular flexibility index (Phi) is 6.81. The third-order valence-electron chi connectivity index (χ3n) is 5.69. The highest BCUT2D eigenvalue weighted by atomic mass is 127. The minimum Gasteiger partial charge on any atom is -0.440 e. The number of anilines is 1. The van der Waals surface area contributed by atoms with Crippen molar-refractivity contribution in [2.45, 2.75) is 38.6 Å². The molecule has 5 rings (SSSR count). The number of aromatic nitrogens is 5. The zero-order valence-corrected chi connectivity index (χ0v) is 20.3. The molecule has 0 radical (unpaired) electrons. The van der Waals surface area contributed by atoms with E-state index in [0.29, 0.717) is 34.9 Å². The van der Waals surface area contributed by atoms with Gasteiger partial charge in [0.25, 0.3) is 0 Å². The Morgan fingerprint density at radius 1 is 1.12 bits per heavy atom. The number of nitrogens with zero attached hydrogens (tertiary/aromatic N) is 5. The van der Waals surface area contributed by atoms with Gasteiger partial charge in [-0.15, -0.1) is 0 Å². The summed E-state index contributed by atoms with van der Waals surface area (Å²) in [6.07, 6.45) is 10.6. The number of nitrogens with one attached hydrogen (secondary N) is 2. The van der Waals surface area contributed by atoms with Crippen molar-refractivity contribution in [1.29, 1.82) is 0 Å². The maximum Gasteiger partial charge on any atom is 0.196 e. The molecular weight excluding hydrogens is 536 g/mol. The van der Waals surface area contributed by atoms with Crippen molar-refractivity contribution in [1.82, 2.24) is 28.0 Å². The van der Waals surface area contributed by atoms with E-state index < -0.39 is 0 Å². The topological polar surface area (TPSA) is 93.7 Å². The van der Waals surface area contributed by atoms with Crippen LogP contribution in [-0.4, -0.2) is 35.8 Å². The molecule has 4 aromatic heterocycles. The summed E-state index contributed by atoms with van der Waals surface area (Å²) in [5.74, 6) is 2.80. The van der Waals surface area contributed by atoms with Crippen LogP contribution in [0.15, 0.2) is 41.2 Å². The molecule has 0 bridgehead atoms. The lowest BCUT2D eigenvalue weighted by atomic mass is 10.2. The first-order chi connectivity index (χ1) is 16.2. The van der Waals surface area contributed by atoms with E-state index in [9.17, 15) is 4.39 Å². The average Bonchev–Trinajstić information content (AvgIpc) is 3.44. The van der Waals surface area contributed by atoms with Gasteiger partial charge in [0.05, 0.1) is 35.1 Å². The standard InChI is InChI=1S/C23H25FIN7O/c24-17-2-1-8-27-18(17)14-30-23-22-19(5-11-28-23)33-21(31-22)7-10-26-9-6-20-29-13-16(32(20)25)12-15-3-4-15/h1-2,5,8,11,13,15,26H,3-4,6-7,9-10,12,14H2,(H,28,30). The van der Waals surface area contributed by atoms with E-state index in [4.69, 9.17) is 4.42 Å². The summed E-state index contributed by atoms with van der Waals surface area (Å²) in [6.45, 7) is 1.81. The van der Waals surface area contributed by atoms with Gasteiger partial charge in [0.2, 0.25) is 0 Å². The van der Waals surface area contributed by atoms with Gasteiger partial charge in [-0.1, -0.05) is 0 Å². The van der Waals surface area contributed by atoms with Crippen molar-refractivity contribution in [3.8, 4) is 0 Å². The van der Waals surface area contributed by atoms with Crippen LogP contribution in [-0.2, 0) is 25.8 Å². The number of rotatable bonds is 11. The summed E-state index contributed by atoms with van der Waals surface area (Å²) in [6, 6.07) is 4.74. The van der Waals surface area contributed by atoms with Gasteiger partial charge in [0.15, 0.2) is 22.8 Å². The zero-order valence-electron chi connectivity index (χ0n) is 18.1. The fraction of sp³-hybridized carbons (Fsp3) is 0.391. The summed E-state index contributed by atoms with van der Waals surface area (Å²) in [4.78, 5) is 17.6. The molecule has 4 heterocycles. The molecule has 1 fully saturated rings. The molecule has 0 aromatic carbocycles. The third kappa shape index (κ3) is 5.49. The van der Waals surface area contributed by atoms with E-state index in [1.54, 1.807) is 24.5 Å². The molecule has 10 heteroatoms. The van der Waals surface area contributed by atoms with Gasteiger partial charge in [0, 0.05) is 56.3 Å². The first-order valence-corrected chi connectivity index (χ1v) is 12.1. The highest BCUT2D eigenvalue weighted by Gasteiger charge is 2.23. The Balaban J connectivity index is 1.12. The molecule has 0 saturated heterocycles. The summed E-state index contributed by atoms with van der Waals surface area (Å²) < 4.78 is 21.9. The fourth-order valence-corrected chi connectivity index (χ4v) is 4.39. The van der Waals surface area contributed by atoms with Gasteiger partial charge in [-0.25, -0.2) is 19.3 Å². The van der Waals surface area contributed by atoms with Crippen LogP contribution in [0.2, 0.25) is 0 Å². The lowest BCUT2D eigenvalue weighted by Gasteiger charge is -2.05. The Morgan fingerprint density at radius 3 is 2.85 bits per heavy atom. The second kappa shape index (κ2) is 10.1. The Morgan fingerprint density at radius 2 is 2.00 bits per heavy atom. The third-order valence-corrected chi connectivity index (χ3v) is 6.86. The van der Waals surface area contributed by atoms with E-state index in [1.807, 2.05) is 6.20 Å². The largest absolute Gasteiger partial charge is 0.440 e. The van der Waals surface area contributed by atoms with Gasteiger partial charge in [-0.2, -0.15) is 0 Å². The maximum atomic E-state index is 13.8. The van der Waals surface area contributed by atoms with Crippen molar-refractivity contribution in [2.75, 3.05) is 18.4 Å². The highest BCUT2D eigenvalue weighted by molar-refractivity contribution is 14.1. The van der Waals surface area contributed by atoms with Crippen molar-refractivity contribution in [3.05, 3.63) is 65.7 Å². The Labute approximate surface area is 204 Å². The van der Waals surface area contributed by atoms with Gasteiger partial charge < -0.3 is 15.1 Å². The Hall–Kier alpha value is -2.60. The molecule has 0 spiro atoms. The summed E-state index contributed by atoms with van der Waals surface area (Å²) >= 11 is 2.36. The van der Waals surface area contributed by atoms with Crippen LogP contribution < -0.4 is 10.6 Å². The molecular formula is C23H25FIN7O. The van der Waals surface area contributed by atoms with Gasteiger partial charge in [-0.3, -0.25) is 7.76 Å². The van der Waals surface area contributed by atoms with Gasteiger partial charge in [-0.05, 0) is 37.3 Å². The van der Waals surface area contributed by atoms with Crippen LogP contribution in [0.3, 0.4) is 0 Å². The molecule has 0 unspecified atom stereocenters. The smallest absolute Gasteiger partial charge is 0.196 e. The van der Waals surface area contributed by atoms with Crippen LogP contribution in [0, 0.1) is 11.7 Å². The Bertz CT molecular complexity index is 1240. The van der Waals surface area contributed by atoms with Gasteiger partial charge in [0.1, 0.15) is 11.6 Å². The molecule has 2 N–H and O–H groups in total. The second-order valence-corrected chi connectivity index (χ2v) is 9.21. The quantitative estimate of drug-likeness (QED) is 0.211. The fourth-order valence-electron chi connectivity index (χ4n) is 3.70. The van der Waals surface area contributed by atoms with Crippen LogP contribution in [0.5, 0.6) is 0 Å². The molecule has 0 amide bonds. The first-order valence-electron chi connectivity index (χ1n) is 11.2. The van der Waals surface area contributed by atoms with Crippen molar-refractivity contribution in [3.63, 3.8) is 0 Å². The normalized spacial score (nSPS) is 13.6. The van der Waals surface area contributed by atoms with Crippen molar-refractivity contribution >= 4 is 39.8 Å². The van der Waals surface area contributed by atoms with Crippen LogP contribution >= 0.6 is 22.9 Å². The van der Waals surface area contributed by atoms with E-state index in [2.05, 4.69) is 56.2 Å². The molecule has 172 valence electrons. The lowest BCUT2D eigenvalue weighted by Crippen LogP contribution is -2.21. The molecule has 33 heavy (non-hydrogen) atoms. The number of fused-ring (bicyclic) bond motifs is 1. The monoisotopic (exact) mass is 561 g/mol. The van der Waals surface area contributed by atoms with Crippen LogP contribution in [0.1, 0.15) is 35.9 Å². The number of hydrogen-bond donors (Lipinski definition) is 2. The zero-order chi connectivity index (χ0) is 22.6. The number of halogens is 2. The predicted molar refractivity (Wildman–Crippen MR) is 132 cm³/mol. The molecule has 0 atom stereocenters. The molecule has 8 nitrogen and oxygen atoms in total. The van der Waals surface area contributed by atoms with E-state index in [1.165, 1.54) is 24.6 Å². The molecule has 1 saturated carbocycles. The molecule has 4 aromatic rings. The summed E-state index contributed by atoms with van der Waals surface area (Å²) in [7, 11) is 0. The van der Waals surface area contributed by atoms with Crippen LogP contribution in [0.4, 0.5) is 10.2 Å². The molecule has 1 aliphatic rings. The van der Waals surface area contributed by atoms with E-state index in [0.717, 1.165) is 37.7 Å². The second-order valence-electron chi connectivity index (χ2n) is 8.24. The molecule has 0 aliphatic heterocycles. The number of hydrogen-bond acceptors (Lipinski definition) is 7. The predicted octanol–water partition coefficient (Wildman–Crippen LogP) is 4.09. The minimum atomic E-state index is -0.353. The number of oxazole rings is 1. The summed E-state index contributed by atoms with van der Waals surface area (Å²) in [5.41, 5.74) is 2.94. The summed E-state index contributed by atoms with van der Waals surface area (Å²) in [5, 5.41) is 6.56. The average molecular weight is 561 g/mol. The van der Waals surface area contributed by atoms with Crippen molar-refractivity contribution < 1.29 is 8.81 Å². The number of imidazole rings is 1. The van der Waals surface area contributed by atoms with E-state index >= 15 is 0 Å². The highest BCUT2D eigenvalue weighted by Crippen LogP contribution is 2.33. The SMILES string of the molecule is Fc1cccnc1CNc1nccc2oc(CCNCCc3ncc(CC4CC4)n3I)nc12. The van der Waals surface area contributed by atoms with E-state index in [-0.39, 0.29) is 12.4 Å². The first kappa shape index (κ1) is 22.2.